The van der Waals surface area contributed by atoms with E-state index in [-0.39, 0.29) is 16.7 Å². The lowest BCUT2D eigenvalue weighted by Gasteiger charge is -2.30. The molecule has 1 atom stereocenters. The summed E-state index contributed by atoms with van der Waals surface area (Å²) in [6, 6.07) is 23.6. The Balaban J connectivity index is 2.05. The smallest absolute Gasteiger partial charge is 0.123 e. The molecule has 0 fully saturated rings. The van der Waals surface area contributed by atoms with Gasteiger partial charge in [-0.1, -0.05) is 102 Å². The summed E-state index contributed by atoms with van der Waals surface area (Å²) in [4.78, 5) is 3.46. The number of hydrogen-bond acceptors (Lipinski definition) is 1. The van der Waals surface area contributed by atoms with Crippen molar-refractivity contribution in [2.75, 3.05) is 0 Å². The highest BCUT2D eigenvalue weighted by Crippen LogP contribution is 2.44. The monoisotopic (exact) mass is 411 g/mol. The molecule has 2 heteroatoms. The molecule has 1 heterocycles. The predicted octanol–water partition coefficient (Wildman–Crippen LogP) is 7.65. The fraction of sp³-hybridized carbons (Fsp3) is 0.310. The Morgan fingerprint density at radius 2 is 1.26 bits per heavy atom. The average molecular weight is 412 g/mol. The number of nitrogens with one attached hydrogen (secondary N) is 1. The zero-order valence-corrected chi connectivity index (χ0v) is 19.5. The summed E-state index contributed by atoms with van der Waals surface area (Å²) in [6.45, 7) is 13.0. The second-order valence-electron chi connectivity index (χ2n) is 10.6. The van der Waals surface area contributed by atoms with E-state index in [2.05, 4.69) is 119 Å². The lowest BCUT2D eigenvalue weighted by Crippen LogP contribution is -2.19. The normalized spacial score (nSPS) is 13.5. The first-order valence-corrected chi connectivity index (χ1v) is 11.1. The molecule has 2 N–H and O–H groups in total. The van der Waals surface area contributed by atoms with Gasteiger partial charge >= 0.3 is 0 Å². The largest absolute Gasteiger partial charge is 0.507 e. The second kappa shape index (κ2) is 7.60. The minimum atomic E-state index is -0.165. The van der Waals surface area contributed by atoms with Crippen LogP contribution in [0.1, 0.15) is 75.3 Å². The third-order valence-corrected chi connectivity index (χ3v) is 6.15. The van der Waals surface area contributed by atoms with Crippen molar-refractivity contribution in [2.45, 2.75) is 58.3 Å². The number of aromatic amines is 1. The molecule has 0 aliphatic heterocycles. The maximum absolute atomic E-state index is 11.2. The van der Waals surface area contributed by atoms with Gasteiger partial charge < -0.3 is 10.1 Å². The van der Waals surface area contributed by atoms with E-state index < -0.39 is 0 Å². The van der Waals surface area contributed by atoms with Crippen molar-refractivity contribution in [3.63, 3.8) is 0 Å². The van der Waals surface area contributed by atoms with Gasteiger partial charge in [-0.05, 0) is 44.7 Å². The van der Waals surface area contributed by atoms with Gasteiger partial charge in [0, 0.05) is 23.0 Å². The van der Waals surface area contributed by atoms with Crippen LogP contribution >= 0.6 is 0 Å². The Labute approximate surface area is 186 Å². The summed E-state index contributed by atoms with van der Waals surface area (Å²) in [5, 5.41) is 12.5. The average Bonchev–Trinajstić information content (AvgIpc) is 3.12. The molecule has 1 aromatic heterocycles. The van der Waals surface area contributed by atoms with E-state index in [0.29, 0.717) is 5.75 Å². The Kier molecular flexibility index (Phi) is 5.21. The molecular formula is C29H33NO. The van der Waals surface area contributed by atoms with Gasteiger partial charge in [-0.15, -0.1) is 0 Å². The third kappa shape index (κ3) is 3.99. The van der Waals surface area contributed by atoms with Crippen LogP contribution in [0.15, 0.2) is 72.9 Å². The zero-order valence-electron chi connectivity index (χ0n) is 19.5. The molecule has 3 aromatic carbocycles. The van der Waals surface area contributed by atoms with Crippen LogP contribution in [0, 0.1) is 0 Å². The number of benzene rings is 3. The van der Waals surface area contributed by atoms with Gasteiger partial charge in [0.25, 0.3) is 0 Å². The Morgan fingerprint density at radius 1 is 0.710 bits per heavy atom. The molecule has 160 valence electrons. The quantitative estimate of drug-likeness (QED) is 0.357. The number of aromatic nitrogens is 1. The van der Waals surface area contributed by atoms with E-state index in [4.69, 9.17) is 0 Å². The fourth-order valence-electron chi connectivity index (χ4n) is 4.50. The SMILES string of the molecule is CC(C)(C)c1cc(C(c2ccccc2)c2c[nH]c3ccccc23)cc(C(C)(C)C)c1O. The van der Waals surface area contributed by atoms with Crippen molar-refractivity contribution >= 4 is 10.9 Å². The van der Waals surface area contributed by atoms with Crippen molar-refractivity contribution < 1.29 is 5.11 Å². The van der Waals surface area contributed by atoms with Crippen molar-refractivity contribution in [3.05, 3.63) is 101 Å². The van der Waals surface area contributed by atoms with Crippen molar-refractivity contribution in [2.24, 2.45) is 0 Å². The van der Waals surface area contributed by atoms with Crippen LogP contribution in [0.4, 0.5) is 0 Å². The molecule has 0 radical (unpaired) electrons. The van der Waals surface area contributed by atoms with Crippen LogP contribution in [0.25, 0.3) is 10.9 Å². The number of para-hydroxylation sites is 1. The molecular weight excluding hydrogens is 378 g/mol. The summed E-state index contributed by atoms with van der Waals surface area (Å²) >= 11 is 0. The molecule has 0 bridgehead atoms. The summed E-state index contributed by atoms with van der Waals surface area (Å²) in [5.41, 5.74) is 6.52. The van der Waals surface area contributed by atoms with Gasteiger partial charge in [-0.2, -0.15) is 0 Å². The lowest BCUT2D eigenvalue weighted by atomic mass is 9.75. The first kappa shape index (κ1) is 21.2. The summed E-state index contributed by atoms with van der Waals surface area (Å²) in [6.07, 6.45) is 2.14. The maximum atomic E-state index is 11.2. The van der Waals surface area contributed by atoms with Crippen LogP contribution in [0.5, 0.6) is 5.75 Å². The van der Waals surface area contributed by atoms with E-state index >= 15 is 0 Å². The molecule has 0 amide bonds. The lowest BCUT2D eigenvalue weighted by molar-refractivity contribution is 0.422. The number of hydrogen-bond donors (Lipinski definition) is 2. The van der Waals surface area contributed by atoms with Gasteiger partial charge in [-0.3, -0.25) is 0 Å². The highest BCUT2D eigenvalue weighted by Gasteiger charge is 2.29. The van der Waals surface area contributed by atoms with Gasteiger partial charge in [0.1, 0.15) is 5.75 Å². The molecule has 0 aliphatic rings. The van der Waals surface area contributed by atoms with E-state index in [9.17, 15) is 5.11 Å². The Bertz CT molecular complexity index is 1170. The number of aromatic hydroxyl groups is 1. The van der Waals surface area contributed by atoms with E-state index in [0.717, 1.165) is 16.6 Å². The predicted molar refractivity (Wildman–Crippen MR) is 131 cm³/mol. The number of fused-ring (bicyclic) bond motifs is 1. The van der Waals surface area contributed by atoms with Gasteiger partial charge in [-0.25, -0.2) is 0 Å². The molecule has 4 rings (SSSR count). The fourth-order valence-corrected chi connectivity index (χ4v) is 4.50. The molecule has 0 saturated carbocycles. The van der Waals surface area contributed by atoms with Crippen molar-refractivity contribution in [3.8, 4) is 5.75 Å². The topological polar surface area (TPSA) is 36.0 Å². The highest BCUT2D eigenvalue weighted by molar-refractivity contribution is 5.85. The Hall–Kier alpha value is -3.00. The number of phenolic OH excluding ortho intramolecular Hbond substituents is 1. The summed E-state index contributed by atoms with van der Waals surface area (Å²) in [7, 11) is 0. The molecule has 0 saturated heterocycles. The van der Waals surface area contributed by atoms with Crippen molar-refractivity contribution in [1.29, 1.82) is 0 Å². The van der Waals surface area contributed by atoms with E-state index in [1.165, 1.54) is 22.1 Å². The van der Waals surface area contributed by atoms with Gasteiger partial charge in [0.05, 0.1) is 0 Å². The Morgan fingerprint density at radius 3 is 1.84 bits per heavy atom. The summed E-state index contributed by atoms with van der Waals surface area (Å²) < 4.78 is 0. The molecule has 2 nitrogen and oxygen atoms in total. The summed E-state index contributed by atoms with van der Waals surface area (Å²) in [5.74, 6) is 0.495. The van der Waals surface area contributed by atoms with E-state index in [1.54, 1.807) is 0 Å². The molecule has 1 unspecified atom stereocenters. The van der Waals surface area contributed by atoms with Crippen LogP contribution in [-0.2, 0) is 10.8 Å². The van der Waals surface area contributed by atoms with Crippen LogP contribution < -0.4 is 0 Å². The van der Waals surface area contributed by atoms with Crippen LogP contribution in [0.2, 0.25) is 0 Å². The first-order chi connectivity index (χ1) is 14.6. The van der Waals surface area contributed by atoms with Gasteiger partial charge in [0.2, 0.25) is 0 Å². The standard InChI is InChI=1S/C29H33NO/c1-28(2,3)23-16-20(17-24(27(23)31)29(4,5)6)26(19-12-8-7-9-13-19)22-18-30-25-15-11-10-14-21(22)25/h7-18,26,30-31H,1-6H3. The first-order valence-electron chi connectivity index (χ1n) is 11.1. The van der Waals surface area contributed by atoms with E-state index in [1.807, 2.05) is 0 Å². The van der Waals surface area contributed by atoms with Crippen LogP contribution in [0.3, 0.4) is 0 Å². The molecule has 31 heavy (non-hydrogen) atoms. The molecule has 4 aromatic rings. The van der Waals surface area contributed by atoms with Crippen molar-refractivity contribution in [1.82, 2.24) is 4.98 Å². The third-order valence-electron chi connectivity index (χ3n) is 6.15. The maximum Gasteiger partial charge on any atom is 0.123 e. The number of H-pyrrole nitrogens is 1. The number of phenols is 1. The highest BCUT2D eigenvalue weighted by atomic mass is 16.3. The van der Waals surface area contributed by atoms with Gasteiger partial charge in [0.15, 0.2) is 0 Å². The zero-order chi connectivity index (χ0) is 22.4. The number of rotatable bonds is 3. The molecule has 0 aliphatic carbocycles. The molecule has 0 spiro atoms. The van der Waals surface area contributed by atoms with Crippen LogP contribution in [-0.4, -0.2) is 10.1 Å². The minimum absolute atomic E-state index is 0.0696. The second-order valence-corrected chi connectivity index (χ2v) is 10.6. The minimum Gasteiger partial charge on any atom is -0.507 e.